The molecule has 2 rings (SSSR count). The third-order valence-electron chi connectivity index (χ3n) is 3.09. The number of hydrogen-bond donors (Lipinski definition) is 2. The van der Waals surface area contributed by atoms with E-state index in [0.29, 0.717) is 11.9 Å². The number of amides is 1. The van der Waals surface area contributed by atoms with Crippen LogP contribution in [0.3, 0.4) is 0 Å². The average molecular weight is 234 g/mol. The summed E-state index contributed by atoms with van der Waals surface area (Å²) in [5.74, 6) is 0.587. The minimum Gasteiger partial charge on any atom is -0.340 e. The SMILES string of the molecule is CC1CN(C(=O)C2CCNC2)CCN1.Cl. The fourth-order valence-corrected chi connectivity index (χ4v) is 2.26. The van der Waals surface area contributed by atoms with E-state index in [1.54, 1.807) is 0 Å². The number of nitrogens with zero attached hydrogens (tertiary/aromatic N) is 1. The van der Waals surface area contributed by atoms with E-state index in [1.165, 1.54) is 0 Å². The maximum absolute atomic E-state index is 12.0. The second-order valence-corrected chi connectivity index (χ2v) is 4.33. The first-order chi connectivity index (χ1) is 6.77. The fraction of sp³-hybridized carbons (Fsp3) is 0.900. The van der Waals surface area contributed by atoms with Gasteiger partial charge in [0.2, 0.25) is 5.91 Å². The molecule has 0 aromatic heterocycles. The van der Waals surface area contributed by atoms with E-state index in [-0.39, 0.29) is 18.3 Å². The van der Waals surface area contributed by atoms with E-state index in [2.05, 4.69) is 17.6 Å². The van der Waals surface area contributed by atoms with Crippen molar-refractivity contribution in [3.05, 3.63) is 0 Å². The van der Waals surface area contributed by atoms with Gasteiger partial charge in [0.25, 0.3) is 0 Å². The van der Waals surface area contributed by atoms with Crippen molar-refractivity contribution in [1.82, 2.24) is 15.5 Å². The lowest BCUT2D eigenvalue weighted by Gasteiger charge is -2.33. The van der Waals surface area contributed by atoms with Gasteiger partial charge in [-0.3, -0.25) is 4.79 Å². The zero-order valence-electron chi connectivity index (χ0n) is 9.16. The molecule has 2 N–H and O–H groups in total. The Balaban J connectivity index is 0.00000112. The molecule has 0 bridgehead atoms. The first kappa shape index (κ1) is 12.7. The van der Waals surface area contributed by atoms with Crippen LogP contribution in [-0.2, 0) is 4.79 Å². The van der Waals surface area contributed by atoms with Crippen molar-refractivity contribution in [1.29, 1.82) is 0 Å². The van der Waals surface area contributed by atoms with Crippen molar-refractivity contribution in [2.24, 2.45) is 5.92 Å². The molecule has 2 heterocycles. The Labute approximate surface area is 97.2 Å². The van der Waals surface area contributed by atoms with Gasteiger partial charge >= 0.3 is 0 Å². The Morgan fingerprint density at radius 3 is 2.80 bits per heavy atom. The first-order valence-corrected chi connectivity index (χ1v) is 5.50. The van der Waals surface area contributed by atoms with Gasteiger partial charge in [0, 0.05) is 32.2 Å². The molecule has 15 heavy (non-hydrogen) atoms. The molecule has 2 fully saturated rings. The van der Waals surface area contributed by atoms with Crippen LogP contribution >= 0.6 is 12.4 Å². The highest BCUT2D eigenvalue weighted by atomic mass is 35.5. The first-order valence-electron chi connectivity index (χ1n) is 5.50. The number of rotatable bonds is 1. The van der Waals surface area contributed by atoms with Crippen LogP contribution in [0.4, 0.5) is 0 Å². The molecule has 2 atom stereocenters. The van der Waals surface area contributed by atoms with Crippen molar-refractivity contribution >= 4 is 18.3 Å². The van der Waals surface area contributed by atoms with Crippen molar-refractivity contribution in [3.63, 3.8) is 0 Å². The van der Waals surface area contributed by atoms with Crippen molar-refractivity contribution in [2.45, 2.75) is 19.4 Å². The van der Waals surface area contributed by atoms with E-state index in [4.69, 9.17) is 0 Å². The number of halogens is 1. The van der Waals surface area contributed by atoms with Crippen LogP contribution in [0.25, 0.3) is 0 Å². The molecule has 5 heteroatoms. The van der Waals surface area contributed by atoms with Crippen LogP contribution in [-0.4, -0.2) is 49.6 Å². The summed E-state index contributed by atoms with van der Waals surface area (Å²) in [6.45, 7) is 6.68. The molecule has 1 amide bonds. The molecule has 88 valence electrons. The molecule has 2 aliphatic rings. The number of carbonyl (C=O) groups excluding carboxylic acids is 1. The monoisotopic (exact) mass is 233 g/mol. The largest absolute Gasteiger partial charge is 0.340 e. The van der Waals surface area contributed by atoms with Crippen molar-refractivity contribution in [3.8, 4) is 0 Å². The maximum Gasteiger partial charge on any atom is 0.227 e. The van der Waals surface area contributed by atoms with Crippen molar-refractivity contribution in [2.75, 3.05) is 32.7 Å². The lowest BCUT2D eigenvalue weighted by Crippen LogP contribution is -2.53. The summed E-state index contributed by atoms with van der Waals surface area (Å²) in [5, 5.41) is 6.59. The van der Waals surface area contributed by atoms with Gasteiger partial charge in [-0.05, 0) is 19.9 Å². The normalized spacial score (nSPS) is 31.1. The Kier molecular flexibility index (Phi) is 4.83. The van der Waals surface area contributed by atoms with Crippen molar-refractivity contribution < 1.29 is 4.79 Å². The molecule has 2 aliphatic heterocycles. The average Bonchev–Trinajstić information content (AvgIpc) is 2.69. The smallest absolute Gasteiger partial charge is 0.227 e. The van der Waals surface area contributed by atoms with E-state index >= 15 is 0 Å². The van der Waals surface area contributed by atoms with E-state index in [9.17, 15) is 4.79 Å². The predicted molar refractivity (Wildman–Crippen MR) is 62.3 cm³/mol. The Hall–Kier alpha value is -0.320. The molecule has 0 saturated carbocycles. The number of piperazine rings is 1. The standard InChI is InChI=1S/C10H19N3O.ClH/c1-8-7-13(5-4-12-8)10(14)9-2-3-11-6-9;/h8-9,11-12H,2-7H2,1H3;1H. The van der Waals surface area contributed by atoms with Crippen LogP contribution in [0.2, 0.25) is 0 Å². The maximum atomic E-state index is 12.0. The topological polar surface area (TPSA) is 44.4 Å². The summed E-state index contributed by atoms with van der Waals surface area (Å²) in [4.78, 5) is 14.0. The van der Waals surface area contributed by atoms with E-state index < -0.39 is 0 Å². The van der Waals surface area contributed by atoms with Gasteiger partial charge in [-0.1, -0.05) is 0 Å². The Morgan fingerprint density at radius 1 is 1.40 bits per heavy atom. The Morgan fingerprint density at radius 2 is 2.20 bits per heavy atom. The minimum atomic E-state index is 0. The van der Waals surface area contributed by atoms with Gasteiger partial charge in [-0.25, -0.2) is 0 Å². The lowest BCUT2D eigenvalue weighted by atomic mass is 10.1. The Bertz CT molecular complexity index is 219. The van der Waals surface area contributed by atoms with Gasteiger partial charge in [-0.15, -0.1) is 12.4 Å². The molecule has 2 unspecified atom stereocenters. The van der Waals surface area contributed by atoms with Crippen LogP contribution in [0.5, 0.6) is 0 Å². The lowest BCUT2D eigenvalue weighted by molar-refractivity contribution is -0.136. The molecular weight excluding hydrogens is 214 g/mol. The molecule has 0 radical (unpaired) electrons. The molecule has 0 aromatic rings. The molecule has 4 nitrogen and oxygen atoms in total. The minimum absolute atomic E-state index is 0. The highest BCUT2D eigenvalue weighted by molar-refractivity contribution is 5.85. The van der Waals surface area contributed by atoms with E-state index in [0.717, 1.165) is 39.1 Å². The van der Waals surface area contributed by atoms with Gasteiger partial charge in [-0.2, -0.15) is 0 Å². The second-order valence-electron chi connectivity index (χ2n) is 4.33. The zero-order chi connectivity index (χ0) is 9.97. The summed E-state index contributed by atoms with van der Waals surface area (Å²) in [6, 6.07) is 0.446. The third-order valence-corrected chi connectivity index (χ3v) is 3.09. The molecule has 2 saturated heterocycles. The highest BCUT2D eigenvalue weighted by Crippen LogP contribution is 2.12. The summed E-state index contributed by atoms with van der Waals surface area (Å²) < 4.78 is 0. The summed E-state index contributed by atoms with van der Waals surface area (Å²) >= 11 is 0. The molecule has 0 aliphatic carbocycles. The van der Waals surface area contributed by atoms with Gasteiger partial charge < -0.3 is 15.5 Å². The van der Waals surface area contributed by atoms with Crippen LogP contribution in [0.1, 0.15) is 13.3 Å². The van der Waals surface area contributed by atoms with Gasteiger partial charge in [0.15, 0.2) is 0 Å². The summed E-state index contributed by atoms with van der Waals surface area (Å²) in [5.41, 5.74) is 0. The van der Waals surface area contributed by atoms with E-state index in [1.807, 2.05) is 4.90 Å². The molecular formula is C10H20ClN3O. The predicted octanol–water partition coefficient (Wildman–Crippen LogP) is -0.162. The zero-order valence-corrected chi connectivity index (χ0v) is 9.98. The summed E-state index contributed by atoms with van der Waals surface area (Å²) in [6.07, 6.45) is 1.01. The third kappa shape index (κ3) is 3.06. The number of nitrogens with one attached hydrogen (secondary N) is 2. The van der Waals surface area contributed by atoms with Crippen LogP contribution in [0, 0.1) is 5.92 Å². The second kappa shape index (κ2) is 5.68. The molecule has 0 aromatic carbocycles. The molecule has 0 spiro atoms. The summed E-state index contributed by atoms with van der Waals surface area (Å²) in [7, 11) is 0. The quantitative estimate of drug-likeness (QED) is 0.662. The van der Waals surface area contributed by atoms with Crippen LogP contribution in [0.15, 0.2) is 0 Å². The van der Waals surface area contributed by atoms with Crippen LogP contribution < -0.4 is 10.6 Å². The fourth-order valence-electron chi connectivity index (χ4n) is 2.26. The number of hydrogen-bond acceptors (Lipinski definition) is 3. The van der Waals surface area contributed by atoms with Gasteiger partial charge in [0.05, 0.1) is 5.92 Å². The number of carbonyl (C=O) groups is 1. The highest BCUT2D eigenvalue weighted by Gasteiger charge is 2.29. The van der Waals surface area contributed by atoms with Gasteiger partial charge in [0.1, 0.15) is 0 Å².